The molecule has 0 saturated carbocycles. The van der Waals surface area contributed by atoms with Crippen LogP contribution in [0.25, 0.3) is 0 Å². The van der Waals surface area contributed by atoms with Gasteiger partial charge in [0.15, 0.2) is 0 Å². The fourth-order valence-electron chi connectivity index (χ4n) is 5.89. The van der Waals surface area contributed by atoms with Crippen LogP contribution in [0, 0.1) is 5.41 Å². The van der Waals surface area contributed by atoms with Gasteiger partial charge in [-0.15, -0.1) is 0 Å². The third kappa shape index (κ3) is 23.1. The number of hydrogen-bond donors (Lipinski definition) is 0. The Hall–Kier alpha value is 0.730. The molecule has 0 heterocycles. The Morgan fingerprint density at radius 1 is 0.324 bits per heavy atom. The second-order valence-corrected chi connectivity index (χ2v) is 12.7. The summed E-state index contributed by atoms with van der Waals surface area (Å²) in [5.41, 5.74) is 0.685. The van der Waals surface area contributed by atoms with E-state index in [9.17, 15) is 0 Å². The Balaban J connectivity index is 4.59. The lowest BCUT2D eigenvalue weighted by molar-refractivity contribution is 0.171. The van der Waals surface area contributed by atoms with E-state index in [1.54, 1.807) is 0 Å². The molecule has 0 aromatic carbocycles. The Bertz CT molecular complexity index is 328. The van der Waals surface area contributed by atoms with Gasteiger partial charge in [0, 0.05) is 0 Å². The van der Waals surface area contributed by atoms with E-state index < -0.39 is 0 Å². The second-order valence-electron chi connectivity index (χ2n) is 11.6. The predicted octanol–water partition coefficient (Wildman–Crippen LogP) is 13.4. The quantitative estimate of drug-likeness (QED) is 0.0462. The molecule has 0 aliphatic heterocycles. The zero-order chi connectivity index (χ0) is 25.0. The third-order valence-electron chi connectivity index (χ3n) is 8.27. The lowest BCUT2D eigenvalue weighted by Crippen LogP contribution is -2.21. The molecule has 0 bridgehead atoms. The molecular formula is C33H67I. The summed E-state index contributed by atoms with van der Waals surface area (Å²) >= 11 is 2.52. The monoisotopic (exact) mass is 590 g/mol. The molecule has 0 saturated heterocycles. The molecule has 206 valence electrons. The Morgan fingerprint density at radius 2 is 0.559 bits per heavy atom. The number of alkyl halides is 1. The van der Waals surface area contributed by atoms with Crippen LogP contribution in [-0.4, -0.2) is 4.43 Å². The number of unbranched alkanes of at least 4 members (excludes halogenated alkanes) is 20. The SMILES string of the molecule is CCCCCCCC(CCCCCCC)(CCCCCCC)CCCCCCCCCCCI. The van der Waals surface area contributed by atoms with Gasteiger partial charge in [-0.3, -0.25) is 0 Å². The molecule has 0 spiro atoms. The summed E-state index contributed by atoms with van der Waals surface area (Å²) in [5, 5.41) is 0. The molecule has 0 aliphatic carbocycles. The molecule has 1 heteroatoms. The van der Waals surface area contributed by atoms with Crippen LogP contribution in [0.4, 0.5) is 0 Å². The zero-order valence-corrected chi connectivity index (χ0v) is 26.5. The van der Waals surface area contributed by atoms with Crippen molar-refractivity contribution >= 4 is 22.6 Å². The van der Waals surface area contributed by atoms with Crippen molar-refractivity contribution < 1.29 is 0 Å². The van der Waals surface area contributed by atoms with Gasteiger partial charge in [-0.2, -0.15) is 0 Å². The standard InChI is InChI=1S/C33H67I/c1-4-7-10-18-23-28-33(29-24-19-11-8-5-2,30-25-20-12-9-6-3)31-26-21-16-14-13-15-17-22-27-32-34/h4-32H2,1-3H3. The molecule has 34 heavy (non-hydrogen) atoms. The largest absolute Gasteiger partial charge is 0.0864 e. The molecule has 0 amide bonds. The smallest absolute Gasteiger partial charge is 0.000473 e. The van der Waals surface area contributed by atoms with Gasteiger partial charge in [0.05, 0.1) is 0 Å². The Labute approximate surface area is 232 Å². The minimum atomic E-state index is 0.685. The average molecular weight is 591 g/mol. The zero-order valence-electron chi connectivity index (χ0n) is 24.4. The molecule has 0 atom stereocenters. The van der Waals surface area contributed by atoms with Crippen molar-refractivity contribution in [2.24, 2.45) is 5.41 Å². The summed E-state index contributed by atoms with van der Waals surface area (Å²) in [5.74, 6) is 0. The number of hydrogen-bond acceptors (Lipinski definition) is 0. The Morgan fingerprint density at radius 3 is 0.824 bits per heavy atom. The summed E-state index contributed by atoms with van der Waals surface area (Å²) in [6.45, 7) is 7.05. The molecule has 0 fully saturated rings. The molecule has 0 aromatic heterocycles. The van der Waals surface area contributed by atoms with E-state index in [1.807, 2.05) is 0 Å². The van der Waals surface area contributed by atoms with E-state index in [4.69, 9.17) is 0 Å². The van der Waals surface area contributed by atoms with Crippen LogP contribution in [0.15, 0.2) is 0 Å². The van der Waals surface area contributed by atoms with Crippen LogP contribution in [0.3, 0.4) is 0 Å². The second kappa shape index (κ2) is 28.3. The van der Waals surface area contributed by atoms with Gasteiger partial charge in [-0.05, 0) is 41.9 Å². The van der Waals surface area contributed by atoms with Crippen molar-refractivity contribution in [3.63, 3.8) is 0 Å². The first-order valence-corrected chi connectivity index (χ1v) is 17.8. The van der Waals surface area contributed by atoms with Crippen molar-refractivity contribution in [1.29, 1.82) is 0 Å². The molecule has 0 radical (unpaired) electrons. The normalized spacial score (nSPS) is 12.0. The van der Waals surface area contributed by atoms with Gasteiger partial charge in [-0.25, -0.2) is 0 Å². The minimum absolute atomic E-state index is 0.685. The van der Waals surface area contributed by atoms with Crippen LogP contribution < -0.4 is 0 Å². The van der Waals surface area contributed by atoms with Crippen molar-refractivity contribution in [1.82, 2.24) is 0 Å². The first-order valence-electron chi connectivity index (χ1n) is 16.3. The molecular weight excluding hydrogens is 523 g/mol. The van der Waals surface area contributed by atoms with E-state index in [0.29, 0.717) is 5.41 Å². The van der Waals surface area contributed by atoms with Crippen molar-refractivity contribution in [3.05, 3.63) is 0 Å². The van der Waals surface area contributed by atoms with Crippen LogP contribution >= 0.6 is 22.6 Å². The van der Waals surface area contributed by atoms with Crippen molar-refractivity contribution in [2.75, 3.05) is 4.43 Å². The summed E-state index contributed by atoms with van der Waals surface area (Å²) in [6, 6.07) is 0. The van der Waals surface area contributed by atoms with Crippen LogP contribution in [-0.2, 0) is 0 Å². The van der Waals surface area contributed by atoms with Crippen LogP contribution in [0.2, 0.25) is 0 Å². The highest BCUT2D eigenvalue weighted by atomic mass is 127. The van der Waals surface area contributed by atoms with Crippen LogP contribution in [0.5, 0.6) is 0 Å². The number of rotatable bonds is 29. The highest BCUT2D eigenvalue weighted by Gasteiger charge is 2.28. The molecule has 0 rings (SSSR count). The minimum Gasteiger partial charge on any atom is -0.0864 e. The van der Waals surface area contributed by atoms with Gasteiger partial charge in [-0.1, -0.05) is 191 Å². The first kappa shape index (κ1) is 34.7. The van der Waals surface area contributed by atoms with E-state index in [2.05, 4.69) is 43.4 Å². The summed E-state index contributed by atoms with van der Waals surface area (Å²) < 4.78 is 1.34. The molecule has 0 aliphatic rings. The maximum Gasteiger partial charge on any atom is -0.000473 e. The van der Waals surface area contributed by atoms with Gasteiger partial charge in [0.1, 0.15) is 0 Å². The lowest BCUT2D eigenvalue weighted by Gasteiger charge is -2.35. The van der Waals surface area contributed by atoms with Crippen molar-refractivity contribution in [2.45, 2.75) is 201 Å². The fourth-order valence-corrected chi connectivity index (χ4v) is 6.43. The summed E-state index contributed by atoms with van der Waals surface area (Å²) in [4.78, 5) is 0. The fraction of sp³-hybridized carbons (Fsp3) is 1.00. The van der Waals surface area contributed by atoms with Gasteiger partial charge >= 0.3 is 0 Å². The summed E-state index contributed by atoms with van der Waals surface area (Å²) in [6.07, 6.45) is 41.3. The average Bonchev–Trinajstić information content (AvgIpc) is 2.84. The maximum absolute atomic E-state index is 2.52. The highest BCUT2D eigenvalue weighted by molar-refractivity contribution is 14.1. The topological polar surface area (TPSA) is 0 Å². The van der Waals surface area contributed by atoms with Crippen LogP contribution in [0.1, 0.15) is 201 Å². The molecule has 0 nitrogen and oxygen atoms in total. The molecule has 0 aromatic rings. The molecule has 0 N–H and O–H groups in total. The van der Waals surface area contributed by atoms with E-state index in [-0.39, 0.29) is 0 Å². The van der Waals surface area contributed by atoms with Crippen molar-refractivity contribution in [3.8, 4) is 0 Å². The highest BCUT2D eigenvalue weighted by Crippen LogP contribution is 2.42. The third-order valence-corrected chi connectivity index (χ3v) is 9.04. The van der Waals surface area contributed by atoms with Gasteiger partial charge < -0.3 is 0 Å². The summed E-state index contributed by atoms with van der Waals surface area (Å²) in [7, 11) is 0. The van der Waals surface area contributed by atoms with E-state index in [0.717, 1.165) is 0 Å². The number of halogens is 1. The predicted molar refractivity (Wildman–Crippen MR) is 168 cm³/mol. The van der Waals surface area contributed by atoms with E-state index in [1.165, 1.54) is 184 Å². The van der Waals surface area contributed by atoms with Gasteiger partial charge in [0.2, 0.25) is 0 Å². The first-order chi connectivity index (χ1) is 16.7. The maximum atomic E-state index is 2.52. The lowest BCUT2D eigenvalue weighted by atomic mass is 9.70. The molecule has 0 unspecified atom stereocenters. The van der Waals surface area contributed by atoms with Gasteiger partial charge in [0.25, 0.3) is 0 Å². The van der Waals surface area contributed by atoms with E-state index >= 15 is 0 Å². The Kier molecular flexibility index (Phi) is 28.9.